The smallest absolute Gasteiger partial charge is 0.347 e. The number of hydrogen-bond donors (Lipinski definition) is 2. The van der Waals surface area contributed by atoms with Crippen molar-refractivity contribution in [2.75, 3.05) is 13.7 Å². The van der Waals surface area contributed by atoms with Crippen LogP contribution in [-0.4, -0.2) is 37.7 Å². The Bertz CT molecular complexity index is 530. The Morgan fingerprint density at radius 3 is 2.62 bits per heavy atom. The molecule has 1 rings (SSSR count). The standard InChI is InChI=1S/C14H18N2O5/c1-9-5-4-6-11(7-9)21-10(2)13(18)20-8-12(17)16-14(19)15-3/h4-7,10H,8H2,1-3H3,(H2,15,16,17,19)/t10-/m0/s1. The highest BCUT2D eigenvalue weighted by Crippen LogP contribution is 2.14. The summed E-state index contributed by atoms with van der Waals surface area (Å²) in [6, 6.07) is 6.54. The fraction of sp³-hybridized carbons (Fsp3) is 0.357. The summed E-state index contributed by atoms with van der Waals surface area (Å²) in [5.41, 5.74) is 0.998. The van der Waals surface area contributed by atoms with E-state index in [0.717, 1.165) is 5.56 Å². The Morgan fingerprint density at radius 1 is 1.29 bits per heavy atom. The number of ether oxygens (including phenoxy) is 2. The van der Waals surface area contributed by atoms with Crippen molar-refractivity contribution in [3.8, 4) is 5.75 Å². The lowest BCUT2D eigenvalue weighted by Crippen LogP contribution is -2.40. The van der Waals surface area contributed by atoms with Gasteiger partial charge in [-0.25, -0.2) is 9.59 Å². The monoisotopic (exact) mass is 294 g/mol. The highest BCUT2D eigenvalue weighted by Gasteiger charge is 2.18. The Morgan fingerprint density at radius 2 is 2.00 bits per heavy atom. The van der Waals surface area contributed by atoms with Crippen LogP contribution in [0.1, 0.15) is 12.5 Å². The molecule has 0 aliphatic heterocycles. The molecular weight excluding hydrogens is 276 g/mol. The van der Waals surface area contributed by atoms with Crippen LogP contribution in [0, 0.1) is 6.92 Å². The third-order valence-corrected chi connectivity index (χ3v) is 2.46. The summed E-state index contributed by atoms with van der Waals surface area (Å²) in [6.45, 7) is 2.87. The molecule has 0 aliphatic carbocycles. The molecule has 0 unspecified atom stereocenters. The van der Waals surface area contributed by atoms with Crippen LogP contribution in [0.2, 0.25) is 0 Å². The van der Waals surface area contributed by atoms with Crippen LogP contribution < -0.4 is 15.4 Å². The molecule has 0 bridgehead atoms. The largest absolute Gasteiger partial charge is 0.479 e. The Kier molecular flexibility index (Phi) is 6.19. The zero-order valence-corrected chi connectivity index (χ0v) is 12.1. The van der Waals surface area contributed by atoms with E-state index >= 15 is 0 Å². The summed E-state index contributed by atoms with van der Waals surface area (Å²) in [6.07, 6.45) is -0.861. The van der Waals surface area contributed by atoms with E-state index in [1.54, 1.807) is 18.2 Å². The summed E-state index contributed by atoms with van der Waals surface area (Å²) in [7, 11) is 1.37. The van der Waals surface area contributed by atoms with Gasteiger partial charge in [-0.1, -0.05) is 12.1 Å². The quantitative estimate of drug-likeness (QED) is 0.782. The first kappa shape index (κ1) is 16.5. The second kappa shape index (κ2) is 7.88. The Labute approximate surface area is 122 Å². The first-order valence-electron chi connectivity index (χ1n) is 6.34. The molecule has 0 radical (unpaired) electrons. The minimum atomic E-state index is -0.861. The molecule has 2 N–H and O–H groups in total. The number of rotatable bonds is 5. The molecule has 0 aliphatic rings. The van der Waals surface area contributed by atoms with Crippen molar-refractivity contribution in [1.82, 2.24) is 10.6 Å². The normalized spacial score (nSPS) is 11.2. The summed E-state index contributed by atoms with van der Waals surface area (Å²) >= 11 is 0. The zero-order valence-electron chi connectivity index (χ0n) is 12.1. The molecule has 3 amide bonds. The summed E-state index contributed by atoms with van der Waals surface area (Å²) in [5.74, 6) is -0.872. The average Bonchev–Trinajstić information content (AvgIpc) is 2.44. The minimum absolute atomic E-state index is 0.536. The van der Waals surface area contributed by atoms with E-state index in [1.807, 2.05) is 18.3 Å². The number of aryl methyl sites for hydroxylation is 1. The lowest BCUT2D eigenvalue weighted by Gasteiger charge is -2.14. The van der Waals surface area contributed by atoms with Crippen LogP contribution in [0.4, 0.5) is 4.79 Å². The number of amides is 3. The molecule has 0 saturated carbocycles. The lowest BCUT2D eigenvalue weighted by molar-refractivity contribution is -0.154. The summed E-state index contributed by atoms with van der Waals surface area (Å²) < 4.78 is 10.2. The van der Waals surface area contributed by atoms with Gasteiger partial charge in [0, 0.05) is 7.05 Å². The van der Waals surface area contributed by atoms with Gasteiger partial charge in [-0.3, -0.25) is 10.1 Å². The van der Waals surface area contributed by atoms with E-state index in [2.05, 4.69) is 5.32 Å². The van der Waals surface area contributed by atoms with Crippen molar-refractivity contribution in [3.63, 3.8) is 0 Å². The molecule has 0 saturated heterocycles. The van der Waals surface area contributed by atoms with Gasteiger partial charge in [0.1, 0.15) is 5.75 Å². The van der Waals surface area contributed by atoms with Gasteiger partial charge < -0.3 is 14.8 Å². The van der Waals surface area contributed by atoms with Gasteiger partial charge >= 0.3 is 12.0 Å². The third-order valence-electron chi connectivity index (χ3n) is 2.46. The van der Waals surface area contributed by atoms with E-state index < -0.39 is 30.6 Å². The SMILES string of the molecule is CNC(=O)NC(=O)COC(=O)[C@H](C)Oc1cccc(C)c1. The molecule has 0 heterocycles. The van der Waals surface area contributed by atoms with Gasteiger partial charge in [0.15, 0.2) is 12.7 Å². The van der Waals surface area contributed by atoms with E-state index in [-0.39, 0.29) is 0 Å². The molecule has 114 valence electrons. The molecule has 0 spiro atoms. The van der Waals surface area contributed by atoms with Crippen LogP contribution in [0.15, 0.2) is 24.3 Å². The van der Waals surface area contributed by atoms with Crippen molar-refractivity contribution in [1.29, 1.82) is 0 Å². The number of imide groups is 1. The molecule has 7 nitrogen and oxygen atoms in total. The number of esters is 1. The van der Waals surface area contributed by atoms with Crippen LogP contribution >= 0.6 is 0 Å². The average molecular weight is 294 g/mol. The van der Waals surface area contributed by atoms with Crippen molar-refractivity contribution in [2.45, 2.75) is 20.0 Å². The topological polar surface area (TPSA) is 93.7 Å². The van der Waals surface area contributed by atoms with Crippen molar-refractivity contribution >= 4 is 17.9 Å². The van der Waals surface area contributed by atoms with Crippen LogP contribution in [0.25, 0.3) is 0 Å². The van der Waals surface area contributed by atoms with Crippen LogP contribution in [0.3, 0.4) is 0 Å². The minimum Gasteiger partial charge on any atom is -0.479 e. The number of nitrogens with one attached hydrogen (secondary N) is 2. The Balaban J connectivity index is 2.41. The molecular formula is C14H18N2O5. The van der Waals surface area contributed by atoms with E-state index in [4.69, 9.17) is 9.47 Å². The Hall–Kier alpha value is -2.57. The summed E-state index contributed by atoms with van der Waals surface area (Å²) in [4.78, 5) is 33.8. The first-order valence-corrected chi connectivity index (χ1v) is 6.34. The van der Waals surface area contributed by atoms with Gasteiger partial charge in [-0.05, 0) is 31.5 Å². The molecule has 1 atom stereocenters. The maximum atomic E-state index is 11.7. The number of hydrogen-bond acceptors (Lipinski definition) is 5. The third kappa shape index (κ3) is 5.94. The predicted molar refractivity (Wildman–Crippen MR) is 74.8 cm³/mol. The zero-order chi connectivity index (χ0) is 15.8. The predicted octanol–water partition coefficient (Wildman–Crippen LogP) is 0.761. The maximum Gasteiger partial charge on any atom is 0.347 e. The van der Waals surface area contributed by atoms with E-state index in [1.165, 1.54) is 14.0 Å². The molecule has 7 heteroatoms. The van der Waals surface area contributed by atoms with Crippen molar-refractivity contribution < 1.29 is 23.9 Å². The molecule has 1 aromatic rings. The highest BCUT2D eigenvalue weighted by atomic mass is 16.6. The van der Waals surface area contributed by atoms with Crippen LogP contribution in [-0.2, 0) is 14.3 Å². The molecule has 21 heavy (non-hydrogen) atoms. The molecule has 0 aromatic heterocycles. The lowest BCUT2D eigenvalue weighted by atomic mass is 10.2. The fourth-order valence-corrected chi connectivity index (χ4v) is 1.42. The second-order valence-electron chi connectivity index (χ2n) is 4.31. The number of carbonyl (C=O) groups is 3. The van der Waals surface area contributed by atoms with Gasteiger partial charge in [-0.2, -0.15) is 0 Å². The van der Waals surface area contributed by atoms with Crippen LogP contribution in [0.5, 0.6) is 5.75 Å². The number of carbonyl (C=O) groups excluding carboxylic acids is 3. The van der Waals surface area contributed by atoms with Gasteiger partial charge in [0.2, 0.25) is 0 Å². The maximum absolute atomic E-state index is 11.7. The molecule has 1 aromatic carbocycles. The van der Waals surface area contributed by atoms with Gasteiger partial charge in [0.05, 0.1) is 0 Å². The number of urea groups is 1. The fourth-order valence-electron chi connectivity index (χ4n) is 1.42. The van der Waals surface area contributed by atoms with Crippen molar-refractivity contribution in [2.24, 2.45) is 0 Å². The number of benzene rings is 1. The van der Waals surface area contributed by atoms with E-state index in [9.17, 15) is 14.4 Å². The van der Waals surface area contributed by atoms with Gasteiger partial charge in [-0.15, -0.1) is 0 Å². The highest BCUT2D eigenvalue weighted by molar-refractivity contribution is 5.95. The summed E-state index contributed by atoms with van der Waals surface area (Å²) in [5, 5.41) is 4.18. The van der Waals surface area contributed by atoms with Crippen molar-refractivity contribution in [3.05, 3.63) is 29.8 Å². The second-order valence-corrected chi connectivity index (χ2v) is 4.31. The first-order chi connectivity index (χ1) is 9.92. The van der Waals surface area contributed by atoms with Gasteiger partial charge in [0.25, 0.3) is 5.91 Å². The molecule has 0 fully saturated rings. The van der Waals surface area contributed by atoms with E-state index in [0.29, 0.717) is 5.75 Å².